The van der Waals surface area contributed by atoms with E-state index in [4.69, 9.17) is 0 Å². The van der Waals surface area contributed by atoms with Crippen molar-refractivity contribution in [3.05, 3.63) is 44.9 Å². The van der Waals surface area contributed by atoms with E-state index in [-0.39, 0.29) is 11.8 Å². The van der Waals surface area contributed by atoms with E-state index in [1.165, 1.54) is 11.8 Å². The largest absolute Gasteiger partial charge is 0.320 e. The molecular formula is C13H11BrN2OS. The number of hydrogen-bond donors (Lipinski definition) is 1. The first-order valence-electron chi connectivity index (χ1n) is 5.39. The number of rotatable bonds is 2. The van der Waals surface area contributed by atoms with Gasteiger partial charge in [-0.05, 0) is 24.0 Å². The molecule has 1 aromatic carbocycles. The van der Waals surface area contributed by atoms with Gasteiger partial charge in [0.2, 0.25) is 5.91 Å². The Hall–Kier alpha value is -1.25. The summed E-state index contributed by atoms with van der Waals surface area (Å²) in [5, 5.41) is 12.7. The second-order valence-corrected chi connectivity index (χ2v) is 5.65. The third kappa shape index (κ3) is 2.60. The van der Waals surface area contributed by atoms with Crippen molar-refractivity contribution >= 4 is 33.6 Å². The minimum atomic E-state index is -0.149. The maximum Gasteiger partial charge on any atom is 0.225 e. The minimum absolute atomic E-state index is 0.0386. The number of carbonyl (C=O) groups excluding carboxylic acids is 1. The average Bonchev–Trinajstić information content (AvgIpc) is 2.37. The molecule has 2 rings (SSSR count). The highest BCUT2D eigenvalue weighted by Gasteiger charge is 2.28. The zero-order valence-electron chi connectivity index (χ0n) is 9.74. The van der Waals surface area contributed by atoms with E-state index < -0.39 is 0 Å². The summed E-state index contributed by atoms with van der Waals surface area (Å²) >= 11 is 4.81. The Labute approximate surface area is 118 Å². The number of carbonyl (C=O) groups is 1. The molecule has 1 aromatic rings. The van der Waals surface area contributed by atoms with Crippen LogP contribution in [-0.2, 0) is 4.79 Å². The fraction of sp³-hybridized carbons (Fsp3) is 0.231. The van der Waals surface area contributed by atoms with Crippen LogP contribution in [0.3, 0.4) is 0 Å². The number of benzene rings is 1. The summed E-state index contributed by atoms with van der Waals surface area (Å²) in [5.41, 5.74) is 1.63. The molecular weight excluding hydrogens is 312 g/mol. The van der Waals surface area contributed by atoms with Gasteiger partial charge >= 0.3 is 0 Å². The summed E-state index contributed by atoms with van der Waals surface area (Å²) in [5.74, 6) is -0.188. The molecule has 0 fully saturated rings. The Morgan fingerprint density at radius 2 is 2.33 bits per heavy atom. The van der Waals surface area contributed by atoms with Crippen LogP contribution in [0.2, 0.25) is 0 Å². The molecule has 0 unspecified atom stereocenters. The summed E-state index contributed by atoms with van der Waals surface area (Å²) in [6, 6.07) is 9.97. The Bertz CT molecular complexity index is 562. The van der Waals surface area contributed by atoms with Gasteiger partial charge in [0.25, 0.3) is 0 Å². The van der Waals surface area contributed by atoms with Crippen LogP contribution in [0, 0.1) is 11.3 Å². The molecule has 1 aliphatic rings. The van der Waals surface area contributed by atoms with Crippen molar-refractivity contribution in [1.29, 1.82) is 5.26 Å². The average molecular weight is 323 g/mol. The Balaban J connectivity index is 2.48. The van der Waals surface area contributed by atoms with E-state index in [0.717, 1.165) is 10.0 Å². The predicted molar refractivity (Wildman–Crippen MR) is 75.8 cm³/mol. The van der Waals surface area contributed by atoms with Gasteiger partial charge in [-0.2, -0.15) is 5.26 Å². The SMILES string of the molecule is CSC1=C(C#N)[C@H](c2cccc(Br)c2)CC(=O)N1. The lowest BCUT2D eigenvalue weighted by atomic mass is 9.87. The first-order chi connectivity index (χ1) is 8.65. The van der Waals surface area contributed by atoms with E-state index in [1.54, 1.807) is 0 Å². The van der Waals surface area contributed by atoms with Crippen LogP contribution in [0.5, 0.6) is 0 Å². The molecule has 0 bridgehead atoms. The summed E-state index contributed by atoms with van der Waals surface area (Å²) in [4.78, 5) is 11.7. The monoisotopic (exact) mass is 322 g/mol. The van der Waals surface area contributed by atoms with Crippen LogP contribution in [0.15, 0.2) is 39.3 Å². The highest BCUT2D eigenvalue weighted by Crippen LogP contribution is 2.35. The van der Waals surface area contributed by atoms with Crippen molar-refractivity contribution in [2.24, 2.45) is 0 Å². The molecule has 1 N–H and O–H groups in total. The molecule has 1 amide bonds. The maximum absolute atomic E-state index is 11.7. The lowest BCUT2D eigenvalue weighted by Gasteiger charge is -2.24. The highest BCUT2D eigenvalue weighted by molar-refractivity contribution is 9.10. The quantitative estimate of drug-likeness (QED) is 0.910. The van der Waals surface area contributed by atoms with E-state index >= 15 is 0 Å². The molecule has 92 valence electrons. The Kier molecular flexibility index (Phi) is 4.10. The molecule has 3 nitrogen and oxygen atoms in total. The van der Waals surface area contributed by atoms with Crippen molar-refractivity contribution in [2.45, 2.75) is 12.3 Å². The second-order valence-electron chi connectivity index (χ2n) is 3.92. The van der Waals surface area contributed by atoms with Gasteiger partial charge in [0.15, 0.2) is 0 Å². The number of amides is 1. The molecule has 0 aliphatic carbocycles. The van der Waals surface area contributed by atoms with Crippen molar-refractivity contribution < 1.29 is 4.79 Å². The number of halogens is 1. The first kappa shape index (κ1) is 13.2. The lowest BCUT2D eigenvalue weighted by Crippen LogP contribution is -2.30. The fourth-order valence-electron chi connectivity index (χ4n) is 1.99. The van der Waals surface area contributed by atoms with Crippen molar-refractivity contribution in [3.63, 3.8) is 0 Å². The van der Waals surface area contributed by atoms with Gasteiger partial charge < -0.3 is 5.32 Å². The number of nitrogens with zero attached hydrogens (tertiary/aromatic N) is 1. The number of allylic oxidation sites excluding steroid dienone is 1. The second kappa shape index (κ2) is 5.59. The first-order valence-corrected chi connectivity index (χ1v) is 7.41. The summed E-state index contributed by atoms with van der Waals surface area (Å²) in [7, 11) is 0. The molecule has 0 radical (unpaired) electrons. The van der Waals surface area contributed by atoms with Gasteiger partial charge in [0.05, 0.1) is 16.7 Å². The van der Waals surface area contributed by atoms with Gasteiger partial charge in [-0.3, -0.25) is 4.79 Å². The van der Waals surface area contributed by atoms with E-state index in [0.29, 0.717) is 17.0 Å². The molecule has 1 atom stereocenters. The molecule has 1 heterocycles. The van der Waals surface area contributed by atoms with Crippen LogP contribution < -0.4 is 5.32 Å². The van der Waals surface area contributed by atoms with E-state index in [2.05, 4.69) is 27.3 Å². The van der Waals surface area contributed by atoms with Crippen molar-refractivity contribution in [3.8, 4) is 6.07 Å². The van der Waals surface area contributed by atoms with Crippen molar-refractivity contribution in [1.82, 2.24) is 5.32 Å². The number of nitrogens with one attached hydrogen (secondary N) is 1. The standard InChI is InChI=1S/C13H11BrN2OS/c1-18-13-11(7-15)10(6-12(17)16-13)8-3-2-4-9(14)5-8/h2-5,10H,6H2,1H3,(H,16,17)/t10-/m0/s1. The summed E-state index contributed by atoms with van der Waals surface area (Å²) in [6.07, 6.45) is 2.18. The lowest BCUT2D eigenvalue weighted by molar-refractivity contribution is -0.120. The number of nitriles is 1. The van der Waals surface area contributed by atoms with Gasteiger partial charge in [-0.15, -0.1) is 11.8 Å². The van der Waals surface area contributed by atoms with Gasteiger partial charge in [-0.1, -0.05) is 28.1 Å². The third-order valence-corrected chi connectivity index (χ3v) is 4.03. The molecule has 0 saturated heterocycles. The normalized spacial score (nSPS) is 19.4. The number of thioether (sulfide) groups is 1. The molecule has 1 aliphatic heterocycles. The van der Waals surface area contributed by atoms with Crippen LogP contribution in [-0.4, -0.2) is 12.2 Å². The Morgan fingerprint density at radius 3 is 2.94 bits per heavy atom. The zero-order chi connectivity index (χ0) is 13.1. The maximum atomic E-state index is 11.7. The molecule has 5 heteroatoms. The van der Waals surface area contributed by atoms with Crippen LogP contribution in [0.4, 0.5) is 0 Å². The summed E-state index contributed by atoms with van der Waals surface area (Å²) < 4.78 is 0.953. The van der Waals surface area contributed by atoms with Gasteiger partial charge in [-0.25, -0.2) is 0 Å². The molecule has 0 spiro atoms. The minimum Gasteiger partial charge on any atom is -0.320 e. The smallest absolute Gasteiger partial charge is 0.225 e. The summed E-state index contributed by atoms with van der Waals surface area (Å²) in [6.45, 7) is 0. The van der Waals surface area contributed by atoms with Crippen molar-refractivity contribution in [2.75, 3.05) is 6.26 Å². The molecule has 18 heavy (non-hydrogen) atoms. The topological polar surface area (TPSA) is 52.9 Å². The third-order valence-electron chi connectivity index (χ3n) is 2.81. The van der Waals surface area contributed by atoms with Gasteiger partial charge in [0.1, 0.15) is 0 Å². The van der Waals surface area contributed by atoms with E-state index in [9.17, 15) is 10.1 Å². The molecule has 0 saturated carbocycles. The number of hydrogen-bond acceptors (Lipinski definition) is 3. The molecule has 0 aromatic heterocycles. The van der Waals surface area contributed by atoms with Gasteiger partial charge in [0, 0.05) is 16.8 Å². The fourth-order valence-corrected chi connectivity index (χ4v) is 3.03. The van der Waals surface area contributed by atoms with Crippen LogP contribution in [0.25, 0.3) is 0 Å². The van der Waals surface area contributed by atoms with Crippen LogP contribution >= 0.6 is 27.7 Å². The highest BCUT2D eigenvalue weighted by atomic mass is 79.9. The Morgan fingerprint density at radius 1 is 1.56 bits per heavy atom. The van der Waals surface area contributed by atoms with E-state index in [1.807, 2.05) is 30.5 Å². The van der Waals surface area contributed by atoms with Crippen LogP contribution in [0.1, 0.15) is 17.9 Å². The zero-order valence-corrected chi connectivity index (χ0v) is 12.1. The predicted octanol–water partition coefficient (Wildman–Crippen LogP) is 3.15.